The van der Waals surface area contributed by atoms with Crippen molar-refractivity contribution in [3.05, 3.63) is 83.9 Å². The summed E-state index contributed by atoms with van der Waals surface area (Å²) in [4.78, 5) is 18.8. The van der Waals surface area contributed by atoms with E-state index < -0.39 is 27.4 Å². The highest BCUT2D eigenvalue weighted by molar-refractivity contribution is 7.91. The van der Waals surface area contributed by atoms with Gasteiger partial charge in [-0.25, -0.2) is 13.4 Å². The van der Waals surface area contributed by atoms with E-state index in [4.69, 9.17) is 29.0 Å². The predicted molar refractivity (Wildman–Crippen MR) is 163 cm³/mol. The summed E-state index contributed by atoms with van der Waals surface area (Å²) < 4.78 is 48.9. The third kappa shape index (κ3) is 7.66. The molecule has 4 rings (SSSR count). The summed E-state index contributed by atoms with van der Waals surface area (Å²) in [6.07, 6.45) is 0.156. The number of aliphatic hydroxyl groups is 1. The summed E-state index contributed by atoms with van der Waals surface area (Å²) in [6.45, 7) is 2.40. The van der Waals surface area contributed by atoms with Crippen LogP contribution >= 0.6 is 0 Å². The number of nitrogens with zero attached hydrogens (tertiary/aromatic N) is 1. The van der Waals surface area contributed by atoms with Gasteiger partial charge in [0.15, 0.2) is 15.4 Å². The van der Waals surface area contributed by atoms with Crippen molar-refractivity contribution in [2.75, 3.05) is 39.7 Å². The first-order chi connectivity index (χ1) is 20.7. The van der Waals surface area contributed by atoms with Crippen LogP contribution in [0.4, 0.5) is 0 Å². The van der Waals surface area contributed by atoms with Crippen LogP contribution in [-0.2, 0) is 25.8 Å². The number of sulfone groups is 1. The summed E-state index contributed by atoms with van der Waals surface area (Å²) in [6, 6.07) is 20.6. The molecule has 0 radical (unpaired) electrons. The number of methoxy groups -OCH3 is 2. The second-order valence-corrected chi connectivity index (χ2v) is 12.2. The summed E-state index contributed by atoms with van der Waals surface area (Å²) in [5.41, 5.74) is -0.00139. The van der Waals surface area contributed by atoms with Gasteiger partial charge in [0.05, 0.1) is 31.5 Å². The zero-order valence-electron chi connectivity index (χ0n) is 24.6. The van der Waals surface area contributed by atoms with Gasteiger partial charge in [0, 0.05) is 25.1 Å². The smallest absolute Gasteiger partial charge is 0.251 e. The van der Waals surface area contributed by atoms with Crippen LogP contribution in [-0.4, -0.2) is 76.7 Å². The van der Waals surface area contributed by atoms with Crippen LogP contribution in [0.2, 0.25) is 0 Å². The van der Waals surface area contributed by atoms with Gasteiger partial charge in [-0.15, -0.1) is 0 Å². The van der Waals surface area contributed by atoms with Crippen molar-refractivity contribution in [2.45, 2.75) is 42.7 Å². The van der Waals surface area contributed by atoms with Crippen LogP contribution in [0.3, 0.4) is 0 Å². The molecule has 3 aromatic carbocycles. The fraction of sp³-hybridized carbons (Fsp3) is 0.375. The molecule has 1 aliphatic heterocycles. The Kier molecular flexibility index (Phi) is 10.7. The molecule has 0 aromatic heterocycles. The van der Waals surface area contributed by atoms with Gasteiger partial charge in [0.2, 0.25) is 5.90 Å². The van der Waals surface area contributed by atoms with Crippen LogP contribution < -0.4 is 19.5 Å². The maximum absolute atomic E-state index is 13.9. The number of aliphatic imine (C=N–C) groups is 1. The highest BCUT2D eigenvalue weighted by atomic mass is 32.2. The van der Waals surface area contributed by atoms with E-state index >= 15 is 0 Å². The van der Waals surface area contributed by atoms with E-state index in [1.54, 1.807) is 75.7 Å². The molecule has 0 saturated heterocycles. The number of carbonyl (C=O) groups excluding carboxylic acids is 1. The first-order valence-corrected chi connectivity index (χ1v) is 15.8. The van der Waals surface area contributed by atoms with Crippen molar-refractivity contribution < 1.29 is 37.3 Å². The largest absolute Gasteiger partial charge is 0.497 e. The number of ether oxygens (including phenoxy) is 4. The fourth-order valence-electron chi connectivity index (χ4n) is 4.83. The molecule has 1 amide bonds. The number of hydrogen-bond acceptors (Lipinski definition) is 9. The topological polar surface area (TPSA) is 133 Å². The number of carbonyl (C=O) groups is 1. The lowest BCUT2D eigenvalue weighted by atomic mass is 9.90. The molecule has 0 aliphatic carbocycles. The molecule has 0 bridgehead atoms. The minimum Gasteiger partial charge on any atom is -0.497 e. The maximum atomic E-state index is 13.9. The molecule has 11 heteroatoms. The van der Waals surface area contributed by atoms with Crippen molar-refractivity contribution in [3.63, 3.8) is 0 Å². The average molecular weight is 611 g/mol. The van der Waals surface area contributed by atoms with Gasteiger partial charge in [-0.2, -0.15) is 0 Å². The van der Waals surface area contributed by atoms with Crippen LogP contribution in [0.25, 0.3) is 0 Å². The minimum atomic E-state index is -3.69. The van der Waals surface area contributed by atoms with Gasteiger partial charge in [0.25, 0.3) is 5.91 Å². The van der Waals surface area contributed by atoms with E-state index in [0.717, 1.165) is 5.56 Å². The Morgan fingerprint density at radius 1 is 1.02 bits per heavy atom. The lowest BCUT2D eigenvalue weighted by molar-refractivity contribution is -0.128. The van der Waals surface area contributed by atoms with E-state index in [2.05, 4.69) is 5.32 Å². The summed E-state index contributed by atoms with van der Waals surface area (Å²) in [5, 5.41) is 11.9. The van der Waals surface area contributed by atoms with Crippen LogP contribution in [0.1, 0.15) is 30.9 Å². The second kappa shape index (κ2) is 14.4. The van der Waals surface area contributed by atoms with Crippen molar-refractivity contribution in [2.24, 2.45) is 4.99 Å². The third-order valence-electron chi connectivity index (χ3n) is 7.35. The standard InChI is InChI=1S/C32H38N2O8S/c1-23-32(17-21-43(37,38)28-8-5-4-6-9-28,31(36)33-18-16-25-22-27(39-2)14-15-29(25)40-3)34-30(42-23)24-10-12-26(13-11-24)41-20-7-19-35/h4-6,8-15,22-23,35H,7,16-21H2,1-3H3,(H,33,36)/t23-,32-/m1/s1. The normalized spacial score (nSPS) is 18.0. The first kappa shape index (κ1) is 31.8. The lowest BCUT2D eigenvalue weighted by Crippen LogP contribution is -2.52. The highest BCUT2D eigenvalue weighted by Gasteiger charge is 2.50. The maximum Gasteiger partial charge on any atom is 0.251 e. The zero-order chi connectivity index (χ0) is 30.9. The molecule has 230 valence electrons. The van der Waals surface area contributed by atoms with Crippen molar-refractivity contribution in [3.8, 4) is 17.2 Å². The SMILES string of the molecule is COc1ccc(OC)c(CCNC(=O)[C@]2(CCS(=O)(=O)c3ccccc3)N=C(c3ccc(OCCCO)cc3)O[C@@H]2C)c1. The van der Waals surface area contributed by atoms with Gasteiger partial charge in [-0.1, -0.05) is 18.2 Å². The average Bonchev–Trinajstić information content (AvgIpc) is 3.37. The van der Waals surface area contributed by atoms with Crippen LogP contribution in [0.15, 0.2) is 82.7 Å². The van der Waals surface area contributed by atoms with Crippen LogP contribution in [0, 0.1) is 0 Å². The van der Waals surface area contributed by atoms with Crippen molar-refractivity contribution in [1.29, 1.82) is 0 Å². The van der Waals surface area contributed by atoms with E-state index in [1.807, 2.05) is 6.07 Å². The number of nitrogens with one attached hydrogen (secondary N) is 1. The van der Waals surface area contributed by atoms with E-state index in [1.165, 1.54) is 12.1 Å². The summed E-state index contributed by atoms with van der Waals surface area (Å²) >= 11 is 0. The third-order valence-corrected chi connectivity index (χ3v) is 9.08. The molecule has 0 spiro atoms. The minimum absolute atomic E-state index is 0.0395. The molecule has 1 heterocycles. The van der Waals surface area contributed by atoms with E-state index in [0.29, 0.717) is 42.3 Å². The van der Waals surface area contributed by atoms with E-state index in [-0.39, 0.29) is 36.1 Å². The molecule has 2 atom stereocenters. The molecule has 10 nitrogen and oxygen atoms in total. The summed E-state index contributed by atoms with van der Waals surface area (Å²) in [7, 11) is -0.535. The van der Waals surface area contributed by atoms with Gasteiger partial charge in [0.1, 0.15) is 23.4 Å². The van der Waals surface area contributed by atoms with E-state index in [9.17, 15) is 13.2 Å². The molecule has 2 N–H and O–H groups in total. The number of rotatable bonds is 15. The molecule has 0 fully saturated rings. The van der Waals surface area contributed by atoms with Gasteiger partial charge < -0.3 is 29.4 Å². The van der Waals surface area contributed by atoms with Crippen molar-refractivity contribution in [1.82, 2.24) is 5.32 Å². The van der Waals surface area contributed by atoms with Gasteiger partial charge in [-0.3, -0.25) is 4.79 Å². The van der Waals surface area contributed by atoms with Gasteiger partial charge >= 0.3 is 0 Å². The molecule has 0 saturated carbocycles. The molecule has 1 aliphatic rings. The zero-order valence-corrected chi connectivity index (χ0v) is 25.4. The Hall–Kier alpha value is -4.09. The first-order valence-electron chi connectivity index (χ1n) is 14.1. The molecule has 0 unspecified atom stereocenters. The number of aliphatic hydroxyl groups excluding tert-OH is 1. The Morgan fingerprint density at radius 2 is 1.74 bits per heavy atom. The molecular weight excluding hydrogens is 572 g/mol. The number of hydrogen-bond donors (Lipinski definition) is 2. The Labute approximate surface area is 252 Å². The van der Waals surface area contributed by atoms with Crippen molar-refractivity contribution >= 4 is 21.6 Å². The molecular formula is C32H38N2O8S. The molecule has 3 aromatic rings. The van der Waals surface area contributed by atoms with Crippen LogP contribution in [0.5, 0.6) is 17.2 Å². The Balaban J connectivity index is 1.57. The predicted octanol–water partition coefficient (Wildman–Crippen LogP) is 3.59. The Morgan fingerprint density at radius 3 is 2.42 bits per heavy atom. The number of amides is 1. The quantitative estimate of drug-likeness (QED) is 0.250. The fourth-order valence-corrected chi connectivity index (χ4v) is 6.22. The monoisotopic (exact) mass is 610 g/mol. The highest BCUT2D eigenvalue weighted by Crippen LogP contribution is 2.34. The Bertz CT molecular complexity index is 1510. The summed E-state index contributed by atoms with van der Waals surface area (Å²) in [5.74, 6) is 1.48. The van der Waals surface area contributed by atoms with Gasteiger partial charge in [-0.05, 0) is 79.9 Å². The number of benzene rings is 3. The second-order valence-electron chi connectivity index (χ2n) is 10.1. The lowest BCUT2D eigenvalue weighted by Gasteiger charge is -2.28. The molecule has 43 heavy (non-hydrogen) atoms.